The molecule has 0 bridgehead atoms. The van der Waals surface area contributed by atoms with E-state index < -0.39 is 0 Å². The maximum atomic E-state index is 11.6. The number of carbonyl (C=O) groups excluding carboxylic acids is 2. The molecule has 1 aromatic carbocycles. The summed E-state index contributed by atoms with van der Waals surface area (Å²) in [5, 5.41) is 0. The zero-order valence-electron chi connectivity index (χ0n) is 11.8. The lowest BCUT2D eigenvalue weighted by Gasteiger charge is -2.35. The molecule has 2 atom stereocenters. The first kappa shape index (κ1) is 13.8. The van der Waals surface area contributed by atoms with Crippen LogP contribution in [0.4, 0.5) is 5.69 Å². The van der Waals surface area contributed by atoms with Crippen molar-refractivity contribution in [1.29, 1.82) is 0 Å². The van der Waals surface area contributed by atoms with Crippen molar-refractivity contribution in [3.63, 3.8) is 0 Å². The maximum absolute atomic E-state index is 11.6. The average Bonchev–Trinajstić information content (AvgIpc) is 2.79. The smallest absolute Gasteiger partial charge is 0.258 e. The van der Waals surface area contributed by atoms with Crippen molar-refractivity contribution < 1.29 is 19.1 Å². The fourth-order valence-corrected chi connectivity index (χ4v) is 2.46. The van der Waals surface area contributed by atoms with Crippen molar-refractivity contribution in [2.24, 2.45) is 5.92 Å². The Morgan fingerprint density at radius 3 is 2.38 bits per heavy atom. The summed E-state index contributed by atoms with van der Waals surface area (Å²) in [6.07, 6.45) is 3.80. The van der Waals surface area contributed by atoms with Gasteiger partial charge in [0.2, 0.25) is 0 Å². The van der Waals surface area contributed by atoms with Crippen LogP contribution in [0.25, 0.3) is 0 Å². The van der Waals surface area contributed by atoms with Crippen molar-refractivity contribution >= 4 is 17.5 Å². The quantitative estimate of drug-likeness (QED) is 0.776. The molecule has 3 rings (SSSR count). The van der Waals surface area contributed by atoms with E-state index in [9.17, 15) is 9.59 Å². The molecule has 5 heteroatoms. The van der Waals surface area contributed by atoms with Gasteiger partial charge in [-0.25, -0.2) is 4.90 Å². The van der Waals surface area contributed by atoms with Gasteiger partial charge in [0.05, 0.1) is 18.4 Å². The Labute approximate surface area is 123 Å². The summed E-state index contributed by atoms with van der Waals surface area (Å²) < 4.78 is 11.1. The van der Waals surface area contributed by atoms with E-state index in [-0.39, 0.29) is 17.9 Å². The van der Waals surface area contributed by atoms with Gasteiger partial charge in [-0.05, 0) is 30.7 Å². The highest BCUT2D eigenvalue weighted by molar-refractivity contribution is 6.28. The van der Waals surface area contributed by atoms with Crippen molar-refractivity contribution in [1.82, 2.24) is 0 Å². The summed E-state index contributed by atoms with van der Waals surface area (Å²) in [6, 6.07) is 6.93. The largest absolute Gasteiger partial charge is 0.491 e. The van der Waals surface area contributed by atoms with Gasteiger partial charge in [-0.2, -0.15) is 0 Å². The summed E-state index contributed by atoms with van der Waals surface area (Å²) in [7, 11) is 0. The van der Waals surface area contributed by atoms with E-state index in [2.05, 4.69) is 6.92 Å². The number of imide groups is 1. The van der Waals surface area contributed by atoms with E-state index in [1.165, 1.54) is 12.2 Å². The number of rotatable bonds is 5. The number of amides is 2. The lowest BCUT2D eigenvalue weighted by molar-refractivity contribution is -0.131. The van der Waals surface area contributed by atoms with Gasteiger partial charge in [-0.15, -0.1) is 0 Å². The van der Waals surface area contributed by atoms with Gasteiger partial charge in [-0.3, -0.25) is 9.59 Å². The molecule has 0 aromatic heterocycles. The van der Waals surface area contributed by atoms with Crippen LogP contribution in [0.3, 0.4) is 0 Å². The summed E-state index contributed by atoms with van der Waals surface area (Å²) in [6.45, 7) is 3.49. The number of anilines is 1. The minimum absolute atomic E-state index is 0.167. The molecule has 110 valence electrons. The van der Waals surface area contributed by atoms with Crippen LogP contribution < -0.4 is 9.64 Å². The average molecular weight is 287 g/mol. The highest BCUT2D eigenvalue weighted by Crippen LogP contribution is 2.26. The Hall–Kier alpha value is -2.14. The van der Waals surface area contributed by atoms with Gasteiger partial charge in [-0.1, -0.05) is 6.92 Å². The molecule has 1 aromatic rings. The minimum atomic E-state index is -0.317. The van der Waals surface area contributed by atoms with Crippen LogP contribution >= 0.6 is 0 Å². The molecule has 2 unspecified atom stereocenters. The second-order valence-electron chi connectivity index (χ2n) is 5.19. The first-order valence-electron chi connectivity index (χ1n) is 7.09. The molecular weight excluding hydrogens is 270 g/mol. The highest BCUT2D eigenvalue weighted by Gasteiger charge is 2.31. The standard InChI is InChI=1S/C16H17NO4/c1-2-11-9-21-14(11)10-20-13-5-3-12(4-6-13)17-15(18)7-8-16(17)19/h3-8,11,14H,2,9-10H2,1H3. The molecule has 2 amide bonds. The first-order valence-corrected chi connectivity index (χ1v) is 7.09. The third-order valence-corrected chi connectivity index (χ3v) is 3.89. The van der Waals surface area contributed by atoms with Gasteiger partial charge in [0.15, 0.2) is 0 Å². The predicted molar refractivity (Wildman–Crippen MR) is 77.1 cm³/mol. The Bertz CT molecular complexity index is 558. The molecule has 1 saturated heterocycles. The van der Waals surface area contributed by atoms with Crippen molar-refractivity contribution in [2.75, 3.05) is 18.1 Å². The number of nitrogens with zero attached hydrogens (tertiary/aromatic N) is 1. The third kappa shape index (κ3) is 2.69. The molecule has 1 fully saturated rings. The first-order chi connectivity index (χ1) is 10.2. The zero-order chi connectivity index (χ0) is 14.8. The van der Waals surface area contributed by atoms with Gasteiger partial charge in [0, 0.05) is 18.1 Å². The molecule has 0 N–H and O–H groups in total. The SMILES string of the molecule is CCC1COC1COc1ccc(N2C(=O)C=CC2=O)cc1. The Kier molecular flexibility index (Phi) is 3.75. The van der Waals surface area contributed by atoms with Crippen LogP contribution in [0.15, 0.2) is 36.4 Å². The van der Waals surface area contributed by atoms with Crippen LogP contribution in [-0.2, 0) is 14.3 Å². The molecule has 21 heavy (non-hydrogen) atoms. The maximum Gasteiger partial charge on any atom is 0.258 e. The van der Waals surface area contributed by atoms with Gasteiger partial charge >= 0.3 is 0 Å². The molecule has 0 radical (unpaired) electrons. The topological polar surface area (TPSA) is 55.8 Å². The van der Waals surface area contributed by atoms with Crippen LogP contribution in [0.5, 0.6) is 5.75 Å². The molecule has 2 aliphatic rings. The van der Waals surface area contributed by atoms with Crippen molar-refractivity contribution in [3.8, 4) is 5.75 Å². The minimum Gasteiger partial charge on any atom is -0.491 e. The summed E-state index contributed by atoms with van der Waals surface area (Å²) in [5.41, 5.74) is 0.550. The highest BCUT2D eigenvalue weighted by atomic mass is 16.5. The number of hydrogen-bond donors (Lipinski definition) is 0. The van der Waals surface area contributed by atoms with E-state index in [0.29, 0.717) is 24.0 Å². The third-order valence-electron chi connectivity index (χ3n) is 3.89. The van der Waals surface area contributed by atoms with Crippen LogP contribution in [0.2, 0.25) is 0 Å². The van der Waals surface area contributed by atoms with Gasteiger partial charge in [0.25, 0.3) is 11.8 Å². The van der Waals surface area contributed by atoms with Crippen LogP contribution in [0, 0.1) is 5.92 Å². The molecule has 0 spiro atoms. The van der Waals surface area contributed by atoms with E-state index in [4.69, 9.17) is 9.47 Å². The van der Waals surface area contributed by atoms with Crippen LogP contribution in [-0.4, -0.2) is 31.1 Å². The van der Waals surface area contributed by atoms with E-state index >= 15 is 0 Å². The molecule has 0 saturated carbocycles. The molecular formula is C16H17NO4. The van der Waals surface area contributed by atoms with E-state index in [1.54, 1.807) is 24.3 Å². The second kappa shape index (κ2) is 5.69. The van der Waals surface area contributed by atoms with Gasteiger partial charge in [0.1, 0.15) is 12.4 Å². The number of ether oxygens (including phenoxy) is 2. The summed E-state index contributed by atoms with van der Waals surface area (Å²) >= 11 is 0. The number of carbonyl (C=O) groups is 2. The lowest BCUT2D eigenvalue weighted by Crippen LogP contribution is -2.43. The second-order valence-corrected chi connectivity index (χ2v) is 5.19. The number of benzene rings is 1. The molecule has 2 aliphatic heterocycles. The lowest BCUT2D eigenvalue weighted by atomic mass is 9.96. The molecule has 0 aliphatic carbocycles. The normalized spacial score (nSPS) is 24.3. The molecule has 2 heterocycles. The summed E-state index contributed by atoms with van der Waals surface area (Å²) in [4.78, 5) is 24.3. The van der Waals surface area contributed by atoms with Gasteiger partial charge < -0.3 is 9.47 Å². The fraction of sp³-hybridized carbons (Fsp3) is 0.375. The fourth-order valence-electron chi connectivity index (χ4n) is 2.46. The van der Waals surface area contributed by atoms with Crippen molar-refractivity contribution in [3.05, 3.63) is 36.4 Å². The van der Waals surface area contributed by atoms with Crippen LogP contribution in [0.1, 0.15) is 13.3 Å². The Morgan fingerprint density at radius 1 is 1.19 bits per heavy atom. The van der Waals surface area contributed by atoms with E-state index in [0.717, 1.165) is 17.9 Å². The Morgan fingerprint density at radius 2 is 1.86 bits per heavy atom. The Balaban J connectivity index is 1.59. The van der Waals surface area contributed by atoms with E-state index in [1.807, 2.05) is 0 Å². The zero-order valence-corrected chi connectivity index (χ0v) is 11.8. The monoisotopic (exact) mass is 287 g/mol. The molecule has 5 nitrogen and oxygen atoms in total. The predicted octanol–water partition coefficient (Wildman–Crippen LogP) is 1.92. The number of hydrogen-bond acceptors (Lipinski definition) is 4. The van der Waals surface area contributed by atoms with Crippen molar-refractivity contribution in [2.45, 2.75) is 19.4 Å². The summed E-state index contributed by atoms with van der Waals surface area (Å²) in [5.74, 6) is 0.649.